The van der Waals surface area contributed by atoms with Gasteiger partial charge in [-0.05, 0) is 62.2 Å². The molecule has 12 nitrogen and oxygen atoms in total. The van der Waals surface area contributed by atoms with Gasteiger partial charge in [0.2, 0.25) is 17.7 Å². The molecular formula is C36H49N7O5. The number of carboxylic acids is 1. The summed E-state index contributed by atoms with van der Waals surface area (Å²) in [5.41, 5.74) is 14.4. The van der Waals surface area contributed by atoms with Crippen molar-refractivity contribution in [3.8, 4) is 0 Å². The van der Waals surface area contributed by atoms with Gasteiger partial charge >= 0.3 is 0 Å². The highest BCUT2D eigenvalue weighted by atomic mass is 16.4. The van der Waals surface area contributed by atoms with Crippen molar-refractivity contribution in [2.75, 3.05) is 33.7 Å². The number of carbonyl (C=O) groups excluding carboxylic acids is 3. The number of nitrogens with two attached hydrogens (primary N) is 2. The number of hydrogen-bond donors (Lipinski definition) is 6. The molecule has 8 N–H and O–H groups in total. The van der Waals surface area contributed by atoms with E-state index in [0.29, 0.717) is 32.4 Å². The first-order valence-corrected chi connectivity index (χ1v) is 15.9. The monoisotopic (exact) mass is 659 g/mol. The summed E-state index contributed by atoms with van der Waals surface area (Å²) in [7, 11) is 4.01. The lowest BCUT2D eigenvalue weighted by molar-refractivity contribution is -0.134. The van der Waals surface area contributed by atoms with Gasteiger partial charge in [-0.15, -0.1) is 0 Å². The van der Waals surface area contributed by atoms with Gasteiger partial charge in [0.25, 0.3) is 5.97 Å². The Hall–Kier alpha value is -5.23. The Balaban J connectivity index is 0.00000189. The molecule has 0 spiro atoms. The molecule has 1 atom stereocenters. The first kappa shape index (κ1) is 39.0. The van der Waals surface area contributed by atoms with E-state index in [0.717, 1.165) is 42.1 Å². The smallest absolute Gasteiger partial charge is 0.300 e. The first-order chi connectivity index (χ1) is 23.0. The molecule has 3 rings (SSSR count). The van der Waals surface area contributed by atoms with Crippen molar-refractivity contribution in [1.82, 2.24) is 20.9 Å². The molecule has 3 aromatic rings. The average Bonchev–Trinajstić information content (AvgIpc) is 3.05. The zero-order chi connectivity index (χ0) is 35.3. The number of nitrogens with one attached hydrogen (secondary N) is 3. The summed E-state index contributed by atoms with van der Waals surface area (Å²) in [6.45, 7) is 3.26. The van der Waals surface area contributed by atoms with Gasteiger partial charge in [0, 0.05) is 26.6 Å². The molecule has 48 heavy (non-hydrogen) atoms. The van der Waals surface area contributed by atoms with Gasteiger partial charge in [0.15, 0.2) is 5.96 Å². The van der Waals surface area contributed by atoms with Crippen molar-refractivity contribution in [2.24, 2.45) is 16.5 Å². The highest BCUT2D eigenvalue weighted by Crippen LogP contribution is 2.25. The third kappa shape index (κ3) is 15.9. The molecule has 3 aromatic carbocycles. The molecule has 0 aliphatic carbocycles. The number of rotatable bonds is 17. The normalized spacial score (nSPS) is 11.1. The second kappa shape index (κ2) is 21.5. The van der Waals surface area contributed by atoms with E-state index in [-0.39, 0.29) is 30.2 Å². The van der Waals surface area contributed by atoms with Crippen LogP contribution in [0.5, 0.6) is 0 Å². The van der Waals surface area contributed by atoms with Crippen molar-refractivity contribution >= 4 is 29.7 Å². The zero-order valence-corrected chi connectivity index (χ0v) is 28.0. The maximum Gasteiger partial charge on any atom is 0.300 e. The van der Waals surface area contributed by atoms with E-state index in [2.05, 4.69) is 25.8 Å². The highest BCUT2D eigenvalue weighted by molar-refractivity contribution is 5.92. The Morgan fingerprint density at radius 1 is 0.792 bits per heavy atom. The van der Waals surface area contributed by atoms with Crippen LogP contribution >= 0.6 is 0 Å². The van der Waals surface area contributed by atoms with Crippen LogP contribution in [0.4, 0.5) is 0 Å². The highest BCUT2D eigenvalue weighted by Gasteiger charge is 2.27. The van der Waals surface area contributed by atoms with Crippen LogP contribution < -0.4 is 27.4 Å². The maximum atomic E-state index is 13.7. The van der Waals surface area contributed by atoms with E-state index in [1.165, 1.54) is 0 Å². The van der Waals surface area contributed by atoms with Gasteiger partial charge in [-0.2, -0.15) is 0 Å². The van der Waals surface area contributed by atoms with Crippen molar-refractivity contribution in [3.05, 3.63) is 107 Å². The maximum absolute atomic E-state index is 13.7. The van der Waals surface area contributed by atoms with Crippen LogP contribution in [0.3, 0.4) is 0 Å². The largest absolute Gasteiger partial charge is 0.481 e. The molecule has 3 amide bonds. The summed E-state index contributed by atoms with van der Waals surface area (Å²) in [5.74, 6) is -2.03. The minimum Gasteiger partial charge on any atom is -0.481 e. The number of carbonyl (C=O) groups is 4. The van der Waals surface area contributed by atoms with Crippen LogP contribution in [-0.2, 0) is 32.1 Å². The van der Waals surface area contributed by atoms with Crippen LogP contribution in [0.15, 0.2) is 89.9 Å². The third-order valence-electron chi connectivity index (χ3n) is 7.06. The molecule has 0 bridgehead atoms. The van der Waals surface area contributed by atoms with E-state index >= 15 is 0 Å². The van der Waals surface area contributed by atoms with Crippen LogP contribution in [0.2, 0.25) is 0 Å². The van der Waals surface area contributed by atoms with Crippen molar-refractivity contribution < 1.29 is 24.3 Å². The predicted molar refractivity (Wildman–Crippen MR) is 188 cm³/mol. The Morgan fingerprint density at radius 3 is 1.85 bits per heavy atom. The lowest BCUT2D eigenvalue weighted by Crippen LogP contribution is -2.48. The number of aliphatic carboxylic acids is 1. The summed E-state index contributed by atoms with van der Waals surface area (Å²) < 4.78 is 0. The molecule has 0 radical (unpaired) electrons. The minimum atomic E-state index is -0.833. The van der Waals surface area contributed by atoms with Crippen molar-refractivity contribution in [1.29, 1.82) is 0 Å². The molecular weight excluding hydrogens is 610 g/mol. The summed E-state index contributed by atoms with van der Waals surface area (Å²) in [5, 5.41) is 16.3. The third-order valence-corrected chi connectivity index (χ3v) is 7.06. The van der Waals surface area contributed by atoms with E-state index in [4.69, 9.17) is 21.4 Å². The summed E-state index contributed by atoms with van der Waals surface area (Å²) in [4.78, 5) is 54.5. The molecule has 0 fully saturated rings. The average molecular weight is 660 g/mol. The van der Waals surface area contributed by atoms with Gasteiger partial charge in [-0.25, -0.2) is 0 Å². The van der Waals surface area contributed by atoms with E-state index in [9.17, 15) is 14.4 Å². The van der Waals surface area contributed by atoms with E-state index < -0.39 is 17.9 Å². The quantitative estimate of drug-likeness (QED) is 0.0723. The second-order valence-electron chi connectivity index (χ2n) is 11.5. The fraction of sp³-hybridized carbons (Fsp3) is 0.361. The molecule has 0 aliphatic heterocycles. The fourth-order valence-electron chi connectivity index (χ4n) is 4.77. The SMILES string of the molecule is CC(=O)O.CN(C)CCCNC(=O)Cc1ccc(CNC(=O)[C@@H](CCCN=C(N)N)NC(=O)C(c2ccccc2)c2ccccc2)cc1. The van der Waals surface area contributed by atoms with Gasteiger partial charge in [0.05, 0.1) is 12.3 Å². The number of benzene rings is 3. The molecule has 0 unspecified atom stereocenters. The number of carboxylic acid groups (broad SMARTS) is 1. The standard InChI is InChI=1S/C34H45N7O3.C2H4O2/c1-41(2)22-10-21-37-30(42)23-25-16-18-26(19-17-25)24-39-32(43)29(15-9-20-38-34(35)36)40-33(44)31(27-11-5-3-6-12-27)28-13-7-4-8-14-28;1-2(3)4/h3-8,11-14,16-19,29,31H,9-10,15,20-24H2,1-2H3,(H,37,42)(H,39,43)(H,40,44)(H4,35,36,38);1H3,(H,3,4)/t29-;/m1./s1. The lowest BCUT2D eigenvalue weighted by atomic mass is 9.90. The molecule has 12 heteroatoms. The van der Waals surface area contributed by atoms with Gasteiger partial charge < -0.3 is 37.4 Å². The molecule has 0 saturated heterocycles. The van der Waals surface area contributed by atoms with Crippen LogP contribution in [0.25, 0.3) is 0 Å². The second-order valence-corrected chi connectivity index (χ2v) is 11.5. The predicted octanol–water partition coefficient (Wildman–Crippen LogP) is 2.37. The zero-order valence-electron chi connectivity index (χ0n) is 28.0. The Bertz CT molecular complexity index is 1400. The van der Waals surface area contributed by atoms with Gasteiger partial charge in [-0.1, -0.05) is 84.9 Å². The van der Waals surface area contributed by atoms with Gasteiger partial charge in [-0.3, -0.25) is 24.2 Å². The number of nitrogens with zero attached hydrogens (tertiary/aromatic N) is 2. The van der Waals surface area contributed by atoms with Crippen molar-refractivity contribution in [2.45, 2.75) is 51.1 Å². The van der Waals surface area contributed by atoms with Crippen molar-refractivity contribution in [3.63, 3.8) is 0 Å². The Kier molecular flexibility index (Phi) is 17.5. The van der Waals surface area contributed by atoms with Crippen LogP contribution in [0, 0.1) is 0 Å². The fourth-order valence-corrected chi connectivity index (χ4v) is 4.77. The number of aliphatic imine (C=N–C) groups is 1. The molecule has 0 saturated carbocycles. The number of hydrogen-bond acceptors (Lipinski definition) is 6. The number of amides is 3. The summed E-state index contributed by atoms with van der Waals surface area (Å²) in [6, 6.07) is 25.8. The first-order valence-electron chi connectivity index (χ1n) is 15.9. The number of guanidine groups is 1. The van der Waals surface area contributed by atoms with E-state index in [1.807, 2.05) is 99.0 Å². The van der Waals surface area contributed by atoms with Gasteiger partial charge in [0.1, 0.15) is 6.04 Å². The molecule has 258 valence electrons. The molecule has 0 heterocycles. The minimum absolute atomic E-state index is 0.0199. The molecule has 0 aromatic heterocycles. The van der Waals surface area contributed by atoms with Crippen LogP contribution in [0.1, 0.15) is 54.4 Å². The lowest BCUT2D eigenvalue weighted by Gasteiger charge is -2.23. The van der Waals surface area contributed by atoms with Crippen LogP contribution in [-0.4, -0.2) is 79.4 Å². The topological polar surface area (TPSA) is 192 Å². The Labute approximate surface area is 283 Å². The van der Waals surface area contributed by atoms with E-state index in [1.54, 1.807) is 0 Å². The Morgan fingerprint density at radius 2 is 1.33 bits per heavy atom. The summed E-state index contributed by atoms with van der Waals surface area (Å²) >= 11 is 0. The molecule has 0 aliphatic rings. The summed E-state index contributed by atoms with van der Waals surface area (Å²) in [6.07, 6.45) is 2.05.